The molecule has 1 aliphatic carbocycles. The molecule has 1 heterocycles. The molecule has 1 aromatic carbocycles. The fraction of sp³-hybridized carbons (Fsp3) is 0.600. The van der Waals surface area contributed by atoms with Crippen molar-refractivity contribution in [1.29, 1.82) is 0 Å². The molecule has 1 aliphatic rings. The van der Waals surface area contributed by atoms with E-state index in [1.54, 1.807) is 14.2 Å². The van der Waals surface area contributed by atoms with Gasteiger partial charge in [0.15, 0.2) is 11.5 Å². The highest BCUT2D eigenvalue weighted by Crippen LogP contribution is 2.31. The topological polar surface area (TPSA) is 72.7 Å². The maximum Gasteiger partial charge on any atom is 0.321 e. The van der Waals surface area contributed by atoms with Crippen molar-refractivity contribution in [2.45, 2.75) is 44.6 Å². The van der Waals surface area contributed by atoms with Gasteiger partial charge in [-0.15, -0.1) is 0 Å². The Morgan fingerprint density at radius 3 is 2.67 bits per heavy atom. The van der Waals surface area contributed by atoms with Gasteiger partial charge in [0.25, 0.3) is 0 Å². The van der Waals surface area contributed by atoms with Crippen molar-refractivity contribution >= 4 is 6.01 Å². The SMILES string of the molecule is COc1ccc(-c2noc(NCCCN(C)C3CCCCC3)n2)cc1OC. The monoisotopic (exact) mass is 374 g/mol. The first-order valence-electron chi connectivity index (χ1n) is 9.71. The lowest BCUT2D eigenvalue weighted by Gasteiger charge is -2.31. The van der Waals surface area contributed by atoms with Gasteiger partial charge in [-0.25, -0.2) is 0 Å². The molecule has 0 radical (unpaired) electrons. The van der Waals surface area contributed by atoms with Crippen LogP contribution < -0.4 is 14.8 Å². The summed E-state index contributed by atoms with van der Waals surface area (Å²) in [5.41, 5.74) is 0.821. The molecule has 0 saturated heterocycles. The van der Waals surface area contributed by atoms with E-state index in [0.29, 0.717) is 23.3 Å². The first-order valence-corrected chi connectivity index (χ1v) is 9.71. The number of hydrogen-bond acceptors (Lipinski definition) is 7. The van der Waals surface area contributed by atoms with Gasteiger partial charge in [-0.2, -0.15) is 4.98 Å². The van der Waals surface area contributed by atoms with Crippen LogP contribution in [0, 0.1) is 0 Å². The largest absolute Gasteiger partial charge is 0.493 e. The maximum absolute atomic E-state index is 5.33. The lowest BCUT2D eigenvalue weighted by molar-refractivity contribution is 0.191. The van der Waals surface area contributed by atoms with E-state index in [2.05, 4.69) is 27.4 Å². The van der Waals surface area contributed by atoms with E-state index in [4.69, 9.17) is 14.0 Å². The lowest BCUT2D eigenvalue weighted by atomic mass is 9.94. The number of methoxy groups -OCH3 is 2. The summed E-state index contributed by atoms with van der Waals surface area (Å²) in [4.78, 5) is 6.91. The van der Waals surface area contributed by atoms with Gasteiger partial charge in [-0.05, 0) is 51.1 Å². The molecule has 0 unspecified atom stereocenters. The number of aromatic nitrogens is 2. The van der Waals surface area contributed by atoms with Gasteiger partial charge in [0.2, 0.25) is 5.82 Å². The van der Waals surface area contributed by atoms with Crippen LogP contribution in [-0.2, 0) is 0 Å². The van der Waals surface area contributed by atoms with Crippen LogP contribution in [0.1, 0.15) is 38.5 Å². The predicted molar refractivity (Wildman–Crippen MR) is 105 cm³/mol. The molecule has 0 bridgehead atoms. The average molecular weight is 374 g/mol. The second-order valence-corrected chi connectivity index (χ2v) is 7.05. The summed E-state index contributed by atoms with van der Waals surface area (Å²) in [6.07, 6.45) is 7.85. The summed E-state index contributed by atoms with van der Waals surface area (Å²) in [5.74, 6) is 1.84. The van der Waals surface area contributed by atoms with E-state index in [1.165, 1.54) is 32.1 Å². The third-order valence-electron chi connectivity index (χ3n) is 5.23. The number of rotatable bonds is 9. The molecule has 7 nitrogen and oxygen atoms in total. The standard InChI is InChI=1S/C20H30N4O3/c1-24(16-8-5-4-6-9-16)13-7-12-21-20-22-19(23-27-20)15-10-11-17(25-2)18(14-15)26-3/h10-11,14,16H,4-9,12-13H2,1-3H3,(H,21,22,23). The molecule has 1 saturated carbocycles. The highest BCUT2D eigenvalue weighted by atomic mass is 16.5. The molecule has 148 valence electrons. The summed E-state index contributed by atoms with van der Waals surface area (Å²) < 4.78 is 15.9. The maximum atomic E-state index is 5.33. The highest BCUT2D eigenvalue weighted by molar-refractivity contribution is 5.61. The molecular weight excluding hydrogens is 344 g/mol. The lowest BCUT2D eigenvalue weighted by Crippen LogP contribution is -2.34. The Hall–Kier alpha value is -2.28. The minimum absolute atomic E-state index is 0.445. The smallest absolute Gasteiger partial charge is 0.321 e. The van der Waals surface area contributed by atoms with E-state index in [1.807, 2.05) is 18.2 Å². The minimum atomic E-state index is 0.445. The Morgan fingerprint density at radius 1 is 1.15 bits per heavy atom. The average Bonchev–Trinajstić information content (AvgIpc) is 3.20. The Bertz CT molecular complexity index is 713. The van der Waals surface area contributed by atoms with Crippen LogP contribution in [0.5, 0.6) is 11.5 Å². The van der Waals surface area contributed by atoms with Crippen LogP contribution >= 0.6 is 0 Å². The van der Waals surface area contributed by atoms with Crippen LogP contribution in [0.3, 0.4) is 0 Å². The van der Waals surface area contributed by atoms with E-state index in [9.17, 15) is 0 Å². The Morgan fingerprint density at radius 2 is 1.93 bits per heavy atom. The number of benzene rings is 1. The zero-order valence-corrected chi connectivity index (χ0v) is 16.5. The zero-order chi connectivity index (χ0) is 19.1. The van der Waals surface area contributed by atoms with E-state index in [0.717, 1.165) is 31.1 Å². The number of hydrogen-bond donors (Lipinski definition) is 1. The Kier molecular flexibility index (Phi) is 6.92. The fourth-order valence-corrected chi connectivity index (χ4v) is 3.62. The Balaban J connectivity index is 1.48. The van der Waals surface area contributed by atoms with Gasteiger partial charge in [-0.1, -0.05) is 24.4 Å². The van der Waals surface area contributed by atoms with Crippen LogP contribution in [0.25, 0.3) is 11.4 Å². The molecule has 7 heteroatoms. The van der Waals surface area contributed by atoms with Crippen molar-refractivity contribution in [1.82, 2.24) is 15.0 Å². The van der Waals surface area contributed by atoms with Gasteiger partial charge < -0.3 is 24.2 Å². The van der Waals surface area contributed by atoms with Gasteiger partial charge in [0, 0.05) is 18.2 Å². The summed E-state index contributed by atoms with van der Waals surface area (Å²) in [6, 6.07) is 6.75. The van der Waals surface area contributed by atoms with Crippen LogP contribution in [0.2, 0.25) is 0 Å². The third kappa shape index (κ3) is 5.13. The first-order chi connectivity index (χ1) is 13.2. The quantitative estimate of drug-likeness (QED) is 0.669. The van der Waals surface area contributed by atoms with Gasteiger partial charge in [-0.3, -0.25) is 0 Å². The van der Waals surface area contributed by atoms with Crippen molar-refractivity contribution in [3.63, 3.8) is 0 Å². The molecule has 1 N–H and O–H groups in total. The van der Waals surface area contributed by atoms with Crippen LogP contribution in [0.15, 0.2) is 22.7 Å². The minimum Gasteiger partial charge on any atom is -0.493 e. The fourth-order valence-electron chi connectivity index (χ4n) is 3.62. The molecule has 27 heavy (non-hydrogen) atoms. The molecule has 1 aromatic heterocycles. The van der Waals surface area contributed by atoms with Crippen molar-refractivity contribution in [3.05, 3.63) is 18.2 Å². The molecule has 3 rings (SSSR count). The highest BCUT2D eigenvalue weighted by Gasteiger charge is 2.17. The van der Waals surface area contributed by atoms with Crippen molar-refractivity contribution in [2.24, 2.45) is 0 Å². The second kappa shape index (κ2) is 9.60. The normalized spacial score (nSPS) is 15.1. The van der Waals surface area contributed by atoms with Crippen molar-refractivity contribution in [3.8, 4) is 22.9 Å². The molecule has 0 amide bonds. The number of nitrogens with zero attached hydrogens (tertiary/aromatic N) is 3. The van der Waals surface area contributed by atoms with Crippen LogP contribution in [0.4, 0.5) is 6.01 Å². The Labute approximate surface area is 161 Å². The second-order valence-electron chi connectivity index (χ2n) is 7.05. The molecule has 1 fully saturated rings. The number of nitrogens with one attached hydrogen (secondary N) is 1. The molecule has 2 aromatic rings. The first kappa shape index (κ1) is 19.5. The molecule has 0 atom stereocenters. The van der Waals surface area contributed by atoms with Crippen molar-refractivity contribution in [2.75, 3.05) is 39.7 Å². The van der Waals surface area contributed by atoms with Crippen LogP contribution in [-0.4, -0.2) is 55.4 Å². The van der Waals surface area contributed by atoms with E-state index >= 15 is 0 Å². The summed E-state index contributed by atoms with van der Waals surface area (Å²) in [7, 11) is 5.45. The zero-order valence-electron chi connectivity index (χ0n) is 16.5. The summed E-state index contributed by atoms with van der Waals surface area (Å²) in [6.45, 7) is 1.89. The van der Waals surface area contributed by atoms with E-state index in [-0.39, 0.29) is 0 Å². The van der Waals surface area contributed by atoms with Gasteiger partial charge in [0.05, 0.1) is 14.2 Å². The van der Waals surface area contributed by atoms with Gasteiger partial charge >= 0.3 is 6.01 Å². The summed E-state index contributed by atoms with van der Waals surface area (Å²) >= 11 is 0. The number of ether oxygens (including phenoxy) is 2. The predicted octanol–water partition coefficient (Wildman–Crippen LogP) is 3.82. The molecule has 0 aliphatic heterocycles. The third-order valence-corrected chi connectivity index (χ3v) is 5.23. The van der Waals surface area contributed by atoms with Gasteiger partial charge in [0.1, 0.15) is 0 Å². The molecular formula is C20H30N4O3. The van der Waals surface area contributed by atoms with Crippen molar-refractivity contribution < 1.29 is 14.0 Å². The summed E-state index contributed by atoms with van der Waals surface area (Å²) in [5, 5.41) is 7.27. The molecule has 0 spiro atoms. The van der Waals surface area contributed by atoms with E-state index < -0.39 is 0 Å². The number of anilines is 1.